The van der Waals surface area contributed by atoms with Crippen molar-refractivity contribution in [1.29, 1.82) is 0 Å². The Morgan fingerprint density at radius 1 is 1.10 bits per heavy atom. The Balaban J connectivity index is 2.02. The molecule has 5 heteroatoms. The van der Waals surface area contributed by atoms with Gasteiger partial charge in [-0.2, -0.15) is 0 Å². The third kappa shape index (κ3) is 2.80. The van der Waals surface area contributed by atoms with Gasteiger partial charge in [-0.1, -0.05) is 35.9 Å². The first-order valence-corrected chi connectivity index (χ1v) is 6.73. The molecule has 0 radical (unpaired) electrons. The number of amides is 1. The lowest BCUT2D eigenvalue weighted by Gasteiger charge is -2.09. The van der Waals surface area contributed by atoms with Crippen LogP contribution in [0.4, 0.5) is 11.5 Å². The van der Waals surface area contributed by atoms with Crippen molar-refractivity contribution in [1.82, 2.24) is 4.98 Å². The van der Waals surface area contributed by atoms with E-state index in [2.05, 4.69) is 10.3 Å². The molecule has 0 aliphatic heterocycles. The molecule has 0 unspecified atom stereocenters. The molecule has 0 aliphatic carbocycles. The van der Waals surface area contributed by atoms with E-state index < -0.39 is 0 Å². The molecule has 0 spiro atoms. The number of hydrogen-bond acceptors (Lipinski definition) is 3. The molecule has 4 nitrogen and oxygen atoms in total. The number of carbonyl (C=O) groups excluding carboxylic acids is 1. The Morgan fingerprint density at radius 2 is 1.90 bits per heavy atom. The van der Waals surface area contributed by atoms with Crippen molar-refractivity contribution in [3.05, 3.63) is 65.2 Å². The van der Waals surface area contributed by atoms with Crippen LogP contribution < -0.4 is 11.1 Å². The highest BCUT2D eigenvalue weighted by Gasteiger charge is 2.12. The number of halogens is 1. The number of nitrogens with zero attached hydrogens (tertiary/aromatic N) is 1. The second-order valence-electron chi connectivity index (χ2n) is 4.58. The van der Waals surface area contributed by atoms with E-state index in [1.165, 1.54) is 0 Å². The highest BCUT2D eigenvalue weighted by molar-refractivity contribution is 6.31. The van der Waals surface area contributed by atoms with E-state index in [4.69, 9.17) is 17.3 Å². The van der Waals surface area contributed by atoms with Crippen LogP contribution in [0, 0.1) is 0 Å². The Kier molecular flexibility index (Phi) is 3.46. The summed E-state index contributed by atoms with van der Waals surface area (Å²) in [5.41, 5.74) is 7.57. The van der Waals surface area contributed by atoms with Crippen LogP contribution in [-0.4, -0.2) is 10.9 Å². The second kappa shape index (κ2) is 5.42. The molecule has 0 aliphatic rings. The summed E-state index contributed by atoms with van der Waals surface area (Å²) in [6, 6.07) is 15.9. The Morgan fingerprint density at radius 3 is 2.71 bits per heavy atom. The molecule has 104 valence electrons. The van der Waals surface area contributed by atoms with Gasteiger partial charge in [-0.25, -0.2) is 4.98 Å². The van der Waals surface area contributed by atoms with Gasteiger partial charge in [0, 0.05) is 16.1 Å². The highest BCUT2D eigenvalue weighted by Crippen LogP contribution is 2.21. The Hall–Kier alpha value is -2.59. The average molecular weight is 298 g/mol. The number of benzene rings is 2. The van der Waals surface area contributed by atoms with Crippen molar-refractivity contribution in [2.24, 2.45) is 0 Å². The minimum atomic E-state index is -0.248. The van der Waals surface area contributed by atoms with Crippen LogP contribution in [0.15, 0.2) is 54.6 Å². The van der Waals surface area contributed by atoms with Crippen LogP contribution >= 0.6 is 11.6 Å². The Bertz CT molecular complexity index is 833. The third-order valence-electron chi connectivity index (χ3n) is 3.06. The minimum absolute atomic E-state index is 0.248. The standard InChI is InChI=1S/C16H12ClN3O/c17-10-4-3-5-11(8-10)19-16(21)13-9-15(18)20-14-7-2-1-6-12(13)14/h1-9H,(H2,18,20)(H,19,21). The van der Waals surface area contributed by atoms with E-state index in [1.54, 1.807) is 30.3 Å². The molecule has 0 bridgehead atoms. The lowest BCUT2D eigenvalue weighted by atomic mass is 10.1. The fourth-order valence-electron chi connectivity index (χ4n) is 2.15. The fraction of sp³-hybridized carbons (Fsp3) is 0. The largest absolute Gasteiger partial charge is 0.384 e. The summed E-state index contributed by atoms with van der Waals surface area (Å²) >= 11 is 5.91. The van der Waals surface area contributed by atoms with Gasteiger partial charge < -0.3 is 11.1 Å². The fourth-order valence-corrected chi connectivity index (χ4v) is 2.34. The number of anilines is 2. The molecule has 3 N–H and O–H groups in total. The number of nitrogens with two attached hydrogens (primary N) is 1. The molecule has 21 heavy (non-hydrogen) atoms. The number of rotatable bonds is 2. The lowest BCUT2D eigenvalue weighted by molar-refractivity contribution is 0.102. The number of fused-ring (bicyclic) bond motifs is 1. The molecule has 1 heterocycles. The van der Waals surface area contributed by atoms with Crippen LogP contribution in [0.3, 0.4) is 0 Å². The Labute approximate surface area is 126 Å². The number of carbonyl (C=O) groups is 1. The normalized spacial score (nSPS) is 10.5. The van der Waals surface area contributed by atoms with Gasteiger partial charge in [-0.05, 0) is 30.3 Å². The SMILES string of the molecule is Nc1cc(C(=O)Nc2cccc(Cl)c2)c2ccccc2n1. The maximum absolute atomic E-state index is 12.5. The van der Waals surface area contributed by atoms with Gasteiger partial charge in [-0.3, -0.25) is 4.79 Å². The maximum atomic E-state index is 12.5. The van der Waals surface area contributed by atoms with Crippen molar-refractivity contribution in [2.45, 2.75) is 0 Å². The molecule has 0 fully saturated rings. The monoisotopic (exact) mass is 297 g/mol. The van der Waals surface area contributed by atoms with E-state index in [0.29, 0.717) is 27.6 Å². The summed E-state index contributed by atoms with van der Waals surface area (Å²) in [5.74, 6) is 0.0625. The molecule has 1 amide bonds. The number of aromatic nitrogens is 1. The average Bonchev–Trinajstić information content (AvgIpc) is 2.46. The molecule has 0 saturated carbocycles. The summed E-state index contributed by atoms with van der Waals surface area (Å²) in [5, 5.41) is 4.13. The van der Waals surface area contributed by atoms with Gasteiger partial charge in [0.05, 0.1) is 11.1 Å². The van der Waals surface area contributed by atoms with E-state index >= 15 is 0 Å². The van der Waals surface area contributed by atoms with Crippen LogP contribution in [0.2, 0.25) is 5.02 Å². The van der Waals surface area contributed by atoms with Crippen molar-refractivity contribution >= 4 is 39.9 Å². The zero-order valence-electron chi connectivity index (χ0n) is 11.0. The van der Waals surface area contributed by atoms with E-state index in [-0.39, 0.29) is 5.91 Å². The molecule has 3 aromatic rings. The second-order valence-corrected chi connectivity index (χ2v) is 5.01. The van der Waals surface area contributed by atoms with E-state index in [9.17, 15) is 4.79 Å². The number of nitrogen functional groups attached to an aromatic ring is 1. The van der Waals surface area contributed by atoms with Crippen LogP contribution in [0.5, 0.6) is 0 Å². The van der Waals surface area contributed by atoms with Crippen molar-refractivity contribution < 1.29 is 4.79 Å². The van der Waals surface area contributed by atoms with E-state index in [0.717, 1.165) is 5.39 Å². The molecule has 0 saturated heterocycles. The summed E-state index contributed by atoms with van der Waals surface area (Å²) in [6.07, 6.45) is 0. The predicted molar refractivity (Wildman–Crippen MR) is 85.6 cm³/mol. The van der Waals surface area contributed by atoms with Crippen LogP contribution in [0.1, 0.15) is 10.4 Å². The predicted octanol–water partition coefficient (Wildman–Crippen LogP) is 3.72. The number of pyridine rings is 1. The van der Waals surface area contributed by atoms with Gasteiger partial charge in [-0.15, -0.1) is 0 Å². The number of nitrogens with one attached hydrogen (secondary N) is 1. The zero-order chi connectivity index (χ0) is 14.8. The van der Waals surface area contributed by atoms with Gasteiger partial charge in [0.15, 0.2) is 0 Å². The first-order valence-electron chi connectivity index (χ1n) is 6.36. The lowest BCUT2D eigenvalue weighted by Crippen LogP contribution is -2.13. The van der Waals surface area contributed by atoms with Crippen molar-refractivity contribution in [3.63, 3.8) is 0 Å². The highest BCUT2D eigenvalue weighted by atomic mass is 35.5. The first kappa shape index (κ1) is 13.4. The summed E-state index contributed by atoms with van der Waals surface area (Å²) in [7, 11) is 0. The first-order chi connectivity index (χ1) is 10.1. The maximum Gasteiger partial charge on any atom is 0.256 e. The van der Waals surface area contributed by atoms with Crippen molar-refractivity contribution in [2.75, 3.05) is 11.1 Å². The van der Waals surface area contributed by atoms with Crippen LogP contribution in [0.25, 0.3) is 10.9 Å². The van der Waals surface area contributed by atoms with Gasteiger partial charge in [0.2, 0.25) is 0 Å². The van der Waals surface area contributed by atoms with Gasteiger partial charge in [0.1, 0.15) is 5.82 Å². The number of para-hydroxylation sites is 1. The quantitative estimate of drug-likeness (QED) is 0.757. The molecular formula is C16H12ClN3O. The zero-order valence-corrected chi connectivity index (χ0v) is 11.8. The third-order valence-corrected chi connectivity index (χ3v) is 3.30. The number of hydrogen-bond donors (Lipinski definition) is 2. The summed E-state index contributed by atoms with van der Waals surface area (Å²) in [6.45, 7) is 0. The van der Waals surface area contributed by atoms with E-state index in [1.807, 2.05) is 24.3 Å². The molecule has 1 aromatic heterocycles. The molecular weight excluding hydrogens is 286 g/mol. The smallest absolute Gasteiger partial charge is 0.256 e. The van der Waals surface area contributed by atoms with Crippen molar-refractivity contribution in [3.8, 4) is 0 Å². The van der Waals surface area contributed by atoms with Gasteiger partial charge in [0.25, 0.3) is 5.91 Å². The molecule has 3 rings (SSSR count). The summed E-state index contributed by atoms with van der Waals surface area (Å²) in [4.78, 5) is 16.7. The minimum Gasteiger partial charge on any atom is -0.384 e. The summed E-state index contributed by atoms with van der Waals surface area (Å²) < 4.78 is 0. The van der Waals surface area contributed by atoms with Crippen LogP contribution in [-0.2, 0) is 0 Å². The molecule has 0 atom stereocenters. The topological polar surface area (TPSA) is 68.0 Å². The molecule has 2 aromatic carbocycles. The van der Waals surface area contributed by atoms with Gasteiger partial charge >= 0.3 is 0 Å².